The monoisotopic (exact) mass is 482 g/mol. The van der Waals surface area contributed by atoms with Crippen LogP contribution in [0.15, 0.2) is 58.3 Å². The number of primary sulfonamides is 1. The first-order valence-electron chi connectivity index (χ1n) is 8.61. The summed E-state index contributed by atoms with van der Waals surface area (Å²) in [6, 6.07) is 11.0. The molecule has 2 aromatic carbocycles. The van der Waals surface area contributed by atoms with Crippen molar-refractivity contribution in [3.8, 4) is 17.1 Å². The lowest BCUT2D eigenvalue weighted by molar-refractivity contribution is 0.434. The summed E-state index contributed by atoms with van der Waals surface area (Å²) in [6.45, 7) is 0. The largest absolute Gasteiger partial charge is 0.493 e. The molecule has 0 saturated carbocycles. The van der Waals surface area contributed by atoms with Crippen LogP contribution in [-0.2, 0) is 15.8 Å². The first-order valence-corrected chi connectivity index (χ1v) is 11.5. The molecule has 2 heterocycles. The van der Waals surface area contributed by atoms with Gasteiger partial charge in [0.15, 0.2) is 17.3 Å². The molecule has 4 aromatic rings. The normalized spacial score (nSPS) is 11.9. The number of nitrogens with zero attached hydrogens (tertiary/aromatic N) is 3. The van der Waals surface area contributed by atoms with Crippen LogP contribution in [0.4, 0.5) is 8.78 Å². The van der Waals surface area contributed by atoms with Gasteiger partial charge in [0.05, 0.1) is 16.4 Å². The molecule has 160 valence electrons. The second-order valence-corrected chi connectivity index (χ2v) is 9.39. The number of sulfonamides is 1. The Balaban J connectivity index is 1.65. The Morgan fingerprint density at radius 1 is 1.16 bits per heavy atom. The SMILES string of the molecule is NS(=O)(=O)c1ccc(-c2cc3nc(CSc4cccc(F)c4F)cc(O)n3n2)cc1Cl. The predicted molar refractivity (Wildman–Crippen MR) is 112 cm³/mol. The van der Waals surface area contributed by atoms with Crippen LogP contribution in [-0.4, -0.2) is 28.1 Å². The first kappa shape index (κ1) is 21.5. The molecule has 7 nitrogen and oxygen atoms in total. The summed E-state index contributed by atoms with van der Waals surface area (Å²) in [5, 5.41) is 19.6. The maximum atomic E-state index is 13.8. The van der Waals surface area contributed by atoms with E-state index in [1.807, 2.05) is 0 Å². The van der Waals surface area contributed by atoms with Gasteiger partial charge in [0.2, 0.25) is 15.9 Å². The number of fused-ring (bicyclic) bond motifs is 1. The highest BCUT2D eigenvalue weighted by molar-refractivity contribution is 7.98. The quantitative estimate of drug-likeness (QED) is 0.416. The van der Waals surface area contributed by atoms with Gasteiger partial charge in [0, 0.05) is 28.3 Å². The van der Waals surface area contributed by atoms with E-state index in [1.54, 1.807) is 6.07 Å². The predicted octanol–water partition coefficient (Wildman–Crippen LogP) is 3.97. The van der Waals surface area contributed by atoms with Crippen LogP contribution in [0.1, 0.15) is 5.69 Å². The molecule has 31 heavy (non-hydrogen) atoms. The number of benzene rings is 2. The molecule has 0 spiro atoms. The fourth-order valence-electron chi connectivity index (χ4n) is 2.86. The number of rotatable bonds is 5. The summed E-state index contributed by atoms with van der Waals surface area (Å²) in [7, 11) is -3.97. The van der Waals surface area contributed by atoms with Crippen LogP contribution in [0.3, 0.4) is 0 Å². The van der Waals surface area contributed by atoms with Gasteiger partial charge < -0.3 is 5.11 Å². The molecule has 3 N–H and O–H groups in total. The van der Waals surface area contributed by atoms with Crippen molar-refractivity contribution in [1.82, 2.24) is 14.6 Å². The molecule has 0 aliphatic carbocycles. The van der Waals surface area contributed by atoms with Crippen LogP contribution in [0, 0.1) is 11.6 Å². The molecule has 0 aliphatic heterocycles. The number of aromatic nitrogens is 3. The van der Waals surface area contributed by atoms with Gasteiger partial charge in [-0.15, -0.1) is 11.8 Å². The standard InChI is InChI=1S/C19H13ClF2N4O3S2/c20-12-6-10(4-5-16(12)31(23,28)29)14-8-17-24-11(7-18(27)26(17)25-14)9-30-15-3-1-2-13(21)19(15)22/h1-8,27H,9H2,(H2,23,28,29). The molecular formula is C19H13ClF2N4O3S2. The number of halogens is 3. The van der Waals surface area contributed by atoms with Crippen LogP contribution >= 0.6 is 23.4 Å². The van der Waals surface area contributed by atoms with Crippen LogP contribution in [0.25, 0.3) is 16.9 Å². The topological polar surface area (TPSA) is 111 Å². The van der Waals surface area contributed by atoms with E-state index in [0.717, 1.165) is 17.8 Å². The highest BCUT2D eigenvalue weighted by Gasteiger charge is 2.16. The number of hydrogen-bond acceptors (Lipinski definition) is 6. The fourth-order valence-corrected chi connectivity index (χ4v) is 4.80. The van der Waals surface area contributed by atoms with E-state index in [9.17, 15) is 22.3 Å². The zero-order valence-corrected chi connectivity index (χ0v) is 17.8. The van der Waals surface area contributed by atoms with E-state index in [-0.39, 0.29) is 26.4 Å². The molecule has 0 bridgehead atoms. The molecule has 0 aliphatic rings. The van der Waals surface area contributed by atoms with Gasteiger partial charge in [-0.05, 0) is 24.3 Å². The second-order valence-electron chi connectivity index (χ2n) is 6.44. The minimum atomic E-state index is -3.97. The summed E-state index contributed by atoms with van der Waals surface area (Å²) >= 11 is 7.06. The summed E-state index contributed by atoms with van der Waals surface area (Å²) in [5.74, 6) is -1.91. The molecule has 0 fully saturated rings. The Kier molecular flexibility index (Phi) is 5.60. The maximum absolute atomic E-state index is 13.8. The highest BCUT2D eigenvalue weighted by atomic mass is 35.5. The smallest absolute Gasteiger partial charge is 0.239 e. The zero-order chi connectivity index (χ0) is 22.3. The zero-order valence-electron chi connectivity index (χ0n) is 15.5. The summed E-state index contributed by atoms with van der Waals surface area (Å²) in [4.78, 5) is 4.29. The van der Waals surface area contributed by atoms with E-state index < -0.39 is 21.7 Å². The summed E-state index contributed by atoms with van der Waals surface area (Å²) in [6.07, 6.45) is 0. The number of nitrogens with two attached hydrogens (primary N) is 1. The Hall–Kier alpha value is -2.73. The molecule has 2 aromatic heterocycles. The molecule has 4 rings (SSSR count). The average molecular weight is 483 g/mol. The Morgan fingerprint density at radius 2 is 1.94 bits per heavy atom. The Morgan fingerprint density at radius 3 is 2.65 bits per heavy atom. The molecule has 12 heteroatoms. The van der Waals surface area contributed by atoms with Gasteiger partial charge in [-0.3, -0.25) is 0 Å². The van der Waals surface area contributed by atoms with Gasteiger partial charge in [-0.25, -0.2) is 27.3 Å². The first-order chi connectivity index (χ1) is 14.6. The van der Waals surface area contributed by atoms with Gasteiger partial charge in [0.1, 0.15) is 4.90 Å². The average Bonchev–Trinajstić information content (AvgIpc) is 3.13. The van der Waals surface area contributed by atoms with Crippen LogP contribution < -0.4 is 5.14 Å². The van der Waals surface area contributed by atoms with Crippen molar-refractivity contribution in [1.29, 1.82) is 0 Å². The molecule has 0 amide bonds. The Bertz CT molecular complexity index is 1430. The van der Waals surface area contributed by atoms with Crippen molar-refractivity contribution < 1.29 is 22.3 Å². The third kappa shape index (κ3) is 4.35. The molecular weight excluding hydrogens is 470 g/mol. The van der Waals surface area contributed by atoms with Crippen molar-refractivity contribution in [3.63, 3.8) is 0 Å². The molecule has 0 atom stereocenters. The molecule has 0 unspecified atom stereocenters. The Labute approximate surface area is 184 Å². The lowest BCUT2D eigenvalue weighted by Crippen LogP contribution is -2.12. The van der Waals surface area contributed by atoms with E-state index >= 15 is 0 Å². The van der Waals surface area contributed by atoms with Crippen LogP contribution in [0.5, 0.6) is 5.88 Å². The molecule has 0 radical (unpaired) electrons. The number of thioether (sulfide) groups is 1. The van der Waals surface area contributed by atoms with E-state index in [1.165, 1.54) is 40.9 Å². The minimum Gasteiger partial charge on any atom is -0.493 e. The van der Waals surface area contributed by atoms with Crippen molar-refractivity contribution in [2.75, 3.05) is 0 Å². The van der Waals surface area contributed by atoms with Gasteiger partial charge in [-0.1, -0.05) is 23.7 Å². The summed E-state index contributed by atoms with van der Waals surface area (Å²) in [5.41, 5.74) is 1.59. The van der Waals surface area contributed by atoms with Gasteiger partial charge >= 0.3 is 0 Å². The van der Waals surface area contributed by atoms with E-state index in [0.29, 0.717) is 22.6 Å². The lowest BCUT2D eigenvalue weighted by Gasteiger charge is -2.05. The highest BCUT2D eigenvalue weighted by Crippen LogP contribution is 2.30. The van der Waals surface area contributed by atoms with Gasteiger partial charge in [0.25, 0.3) is 0 Å². The summed E-state index contributed by atoms with van der Waals surface area (Å²) < 4.78 is 51.4. The van der Waals surface area contributed by atoms with Crippen molar-refractivity contribution in [3.05, 3.63) is 70.9 Å². The van der Waals surface area contributed by atoms with Gasteiger partial charge in [-0.2, -0.15) is 9.61 Å². The lowest BCUT2D eigenvalue weighted by atomic mass is 10.1. The molecule has 0 saturated heterocycles. The van der Waals surface area contributed by atoms with Crippen molar-refractivity contribution in [2.24, 2.45) is 5.14 Å². The number of hydrogen-bond donors (Lipinski definition) is 2. The fraction of sp³-hybridized carbons (Fsp3) is 0.0526. The minimum absolute atomic E-state index is 0.0663. The van der Waals surface area contributed by atoms with E-state index in [4.69, 9.17) is 16.7 Å². The van der Waals surface area contributed by atoms with Crippen LogP contribution in [0.2, 0.25) is 5.02 Å². The third-order valence-corrected chi connectivity index (χ3v) is 6.75. The number of aromatic hydroxyl groups is 1. The second kappa shape index (κ2) is 8.08. The van der Waals surface area contributed by atoms with Crippen molar-refractivity contribution in [2.45, 2.75) is 15.5 Å². The van der Waals surface area contributed by atoms with E-state index in [2.05, 4.69) is 10.1 Å². The third-order valence-electron chi connectivity index (χ3n) is 4.29. The maximum Gasteiger partial charge on any atom is 0.239 e. The van der Waals surface area contributed by atoms with Crippen molar-refractivity contribution >= 4 is 39.0 Å².